The first kappa shape index (κ1) is 29.3. The number of hydrogen-bond acceptors (Lipinski definition) is 5. The SMILES string of the molecule is Cc1ccncc1CN(C(=O)NC1CCCCC1)C1CCN(C(C)CCNC(=O)c2c(C)ccnc2Cl)CC1. The zero-order valence-corrected chi connectivity index (χ0v) is 24.3. The molecule has 2 N–H and O–H groups in total. The number of piperidine rings is 1. The minimum absolute atomic E-state index is 0.0590. The number of aryl methyl sites for hydroxylation is 2. The van der Waals surface area contributed by atoms with E-state index >= 15 is 0 Å². The van der Waals surface area contributed by atoms with Gasteiger partial charge in [0, 0.05) is 62.9 Å². The first-order valence-electron chi connectivity index (χ1n) is 14.4. The van der Waals surface area contributed by atoms with E-state index in [0.717, 1.165) is 61.9 Å². The smallest absolute Gasteiger partial charge is 0.318 e. The van der Waals surface area contributed by atoms with Crippen LogP contribution >= 0.6 is 11.6 Å². The summed E-state index contributed by atoms with van der Waals surface area (Å²) in [6.45, 7) is 9.16. The lowest BCUT2D eigenvalue weighted by atomic mass is 9.95. The van der Waals surface area contributed by atoms with Crippen molar-refractivity contribution in [2.24, 2.45) is 0 Å². The maximum atomic E-state index is 13.5. The summed E-state index contributed by atoms with van der Waals surface area (Å²) in [5.74, 6) is -0.179. The highest BCUT2D eigenvalue weighted by atomic mass is 35.5. The van der Waals surface area contributed by atoms with Gasteiger partial charge >= 0.3 is 6.03 Å². The van der Waals surface area contributed by atoms with E-state index in [9.17, 15) is 9.59 Å². The molecule has 1 aliphatic heterocycles. The number of aromatic nitrogens is 2. The highest BCUT2D eigenvalue weighted by molar-refractivity contribution is 6.32. The van der Waals surface area contributed by atoms with Crippen molar-refractivity contribution in [2.45, 2.75) is 96.8 Å². The summed E-state index contributed by atoms with van der Waals surface area (Å²) in [6, 6.07) is 4.66. The molecule has 2 aromatic rings. The van der Waals surface area contributed by atoms with Gasteiger partial charge in [-0.25, -0.2) is 9.78 Å². The van der Waals surface area contributed by atoms with Crippen LogP contribution in [-0.2, 0) is 6.54 Å². The van der Waals surface area contributed by atoms with Crippen molar-refractivity contribution >= 4 is 23.5 Å². The van der Waals surface area contributed by atoms with Gasteiger partial charge in [0.2, 0.25) is 0 Å². The van der Waals surface area contributed by atoms with Gasteiger partial charge in [0.25, 0.3) is 5.91 Å². The first-order valence-corrected chi connectivity index (χ1v) is 14.8. The second-order valence-corrected chi connectivity index (χ2v) is 11.5. The molecule has 2 fully saturated rings. The van der Waals surface area contributed by atoms with Crippen LogP contribution in [0, 0.1) is 13.8 Å². The van der Waals surface area contributed by atoms with Crippen molar-refractivity contribution < 1.29 is 9.59 Å². The Balaban J connectivity index is 1.31. The first-order chi connectivity index (χ1) is 18.8. The third kappa shape index (κ3) is 7.92. The molecule has 0 radical (unpaired) electrons. The Morgan fingerprint density at radius 2 is 1.79 bits per heavy atom. The molecule has 1 aliphatic carbocycles. The molecular weight excluding hydrogens is 512 g/mol. The van der Waals surface area contributed by atoms with Gasteiger partial charge in [0.15, 0.2) is 0 Å². The molecule has 1 saturated carbocycles. The molecule has 1 atom stereocenters. The molecule has 1 unspecified atom stereocenters. The predicted molar refractivity (Wildman–Crippen MR) is 155 cm³/mol. The van der Waals surface area contributed by atoms with Gasteiger partial charge in [0.1, 0.15) is 5.15 Å². The Hall–Kier alpha value is -2.71. The van der Waals surface area contributed by atoms with Gasteiger partial charge in [-0.3, -0.25) is 9.78 Å². The van der Waals surface area contributed by atoms with Crippen LogP contribution in [0.15, 0.2) is 30.7 Å². The van der Waals surface area contributed by atoms with Crippen molar-refractivity contribution in [1.82, 2.24) is 30.4 Å². The Morgan fingerprint density at radius 3 is 2.49 bits per heavy atom. The molecule has 0 aromatic carbocycles. The number of nitrogens with one attached hydrogen (secondary N) is 2. The summed E-state index contributed by atoms with van der Waals surface area (Å²) >= 11 is 6.15. The minimum Gasteiger partial charge on any atom is -0.352 e. The number of carbonyl (C=O) groups excluding carboxylic acids is 2. The number of pyridine rings is 2. The van der Waals surface area contributed by atoms with E-state index in [1.54, 1.807) is 18.5 Å². The van der Waals surface area contributed by atoms with Gasteiger partial charge < -0.3 is 20.4 Å². The van der Waals surface area contributed by atoms with Crippen LogP contribution < -0.4 is 10.6 Å². The summed E-state index contributed by atoms with van der Waals surface area (Å²) < 4.78 is 0. The van der Waals surface area contributed by atoms with Crippen molar-refractivity contribution in [1.29, 1.82) is 0 Å². The lowest BCUT2D eigenvalue weighted by Gasteiger charge is -2.41. The molecule has 3 heterocycles. The fraction of sp³-hybridized carbons (Fsp3) is 0.600. The van der Waals surface area contributed by atoms with E-state index in [1.807, 2.05) is 19.2 Å². The van der Waals surface area contributed by atoms with Gasteiger partial charge in [-0.1, -0.05) is 30.9 Å². The zero-order chi connectivity index (χ0) is 27.8. The van der Waals surface area contributed by atoms with Gasteiger partial charge in [-0.05, 0) is 81.7 Å². The predicted octanol–water partition coefficient (Wildman–Crippen LogP) is 5.26. The highest BCUT2D eigenvalue weighted by Crippen LogP contribution is 2.24. The van der Waals surface area contributed by atoms with Gasteiger partial charge in [-0.2, -0.15) is 0 Å². The summed E-state index contributed by atoms with van der Waals surface area (Å²) in [6.07, 6.45) is 13.8. The minimum atomic E-state index is -0.179. The number of urea groups is 1. The summed E-state index contributed by atoms with van der Waals surface area (Å²) in [7, 11) is 0. The van der Waals surface area contributed by atoms with Crippen molar-refractivity contribution in [2.75, 3.05) is 19.6 Å². The van der Waals surface area contributed by atoms with Crippen LogP contribution in [-0.4, -0.2) is 69.5 Å². The average Bonchev–Trinajstić information content (AvgIpc) is 2.93. The number of carbonyl (C=O) groups is 2. The number of rotatable bonds is 9. The third-order valence-corrected chi connectivity index (χ3v) is 8.72. The van der Waals surface area contributed by atoms with E-state index in [4.69, 9.17) is 11.6 Å². The van der Waals surface area contributed by atoms with Crippen molar-refractivity contribution in [3.05, 3.63) is 58.1 Å². The van der Waals surface area contributed by atoms with E-state index in [1.165, 1.54) is 19.3 Å². The summed E-state index contributed by atoms with van der Waals surface area (Å²) in [5, 5.41) is 6.59. The fourth-order valence-corrected chi connectivity index (χ4v) is 6.11. The number of likely N-dealkylation sites (tertiary alicyclic amines) is 1. The second-order valence-electron chi connectivity index (χ2n) is 11.2. The Kier molecular flexibility index (Phi) is 10.6. The molecular formula is C30H43ClN6O2. The molecule has 9 heteroatoms. The standard InChI is InChI=1S/C30H43ClN6O2/c1-21-9-14-32-19-24(21)20-37(30(39)35-25-7-5-4-6-8-25)26-12-17-36(18-13-26)23(3)11-16-34-29(38)27-22(2)10-15-33-28(27)31/h9-10,14-15,19,23,25-26H,4-8,11-13,16-18,20H2,1-3H3,(H,34,38)(H,35,39). The van der Waals surface area contributed by atoms with Crippen molar-refractivity contribution in [3.8, 4) is 0 Å². The second kappa shape index (κ2) is 14.1. The number of hydrogen-bond donors (Lipinski definition) is 2. The lowest BCUT2D eigenvalue weighted by molar-refractivity contribution is 0.0895. The average molecular weight is 555 g/mol. The number of amides is 3. The topological polar surface area (TPSA) is 90.5 Å². The highest BCUT2D eigenvalue weighted by Gasteiger charge is 2.31. The molecule has 2 aliphatic rings. The molecule has 0 bridgehead atoms. The third-order valence-electron chi connectivity index (χ3n) is 8.43. The molecule has 212 valence electrons. The lowest BCUT2D eigenvalue weighted by Crippen LogP contribution is -2.53. The Bertz CT molecular complexity index is 1090. The van der Waals surface area contributed by atoms with E-state index in [2.05, 4.69) is 44.2 Å². The number of nitrogens with zero attached hydrogens (tertiary/aromatic N) is 4. The summed E-state index contributed by atoms with van der Waals surface area (Å²) in [5.41, 5.74) is 3.53. The molecule has 8 nitrogen and oxygen atoms in total. The van der Waals surface area contributed by atoms with Crippen LogP contribution in [0.3, 0.4) is 0 Å². The molecule has 2 aromatic heterocycles. The molecule has 0 spiro atoms. The van der Waals surface area contributed by atoms with Crippen LogP contribution in [0.25, 0.3) is 0 Å². The van der Waals surface area contributed by atoms with Crippen LogP contribution in [0.5, 0.6) is 0 Å². The molecule has 1 saturated heterocycles. The van der Waals surface area contributed by atoms with Crippen LogP contribution in [0.2, 0.25) is 5.15 Å². The maximum absolute atomic E-state index is 13.5. The van der Waals surface area contributed by atoms with Gasteiger partial charge in [0.05, 0.1) is 5.56 Å². The normalized spacial score (nSPS) is 17.9. The maximum Gasteiger partial charge on any atom is 0.318 e. The van der Waals surface area contributed by atoms with Crippen molar-refractivity contribution in [3.63, 3.8) is 0 Å². The number of halogens is 1. The van der Waals surface area contributed by atoms with Crippen LogP contribution in [0.4, 0.5) is 4.79 Å². The molecule has 4 rings (SSSR count). The largest absolute Gasteiger partial charge is 0.352 e. The summed E-state index contributed by atoms with van der Waals surface area (Å²) in [4.78, 5) is 39.1. The Labute approximate surface area is 237 Å². The monoisotopic (exact) mass is 554 g/mol. The quantitative estimate of drug-likeness (QED) is 0.412. The van der Waals surface area contributed by atoms with Gasteiger partial charge in [-0.15, -0.1) is 0 Å². The fourth-order valence-electron chi connectivity index (χ4n) is 5.82. The van der Waals surface area contributed by atoms with E-state index in [-0.39, 0.29) is 29.2 Å². The Morgan fingerprint density at radius 1 is 1.08 bits per heavy atom. The van der Waals surface area contributed by atoms with E-state index < -0.39 is 0 Å². The van der Waals surface area contributed by atoms with E-state index in [0.29, 0.717) is 24.7 Å². The van der Waals surface area contributed by atoms with Crippen LogP contribution in [0.1, 0.15) is 85.3 Å². The molecule has 3 amide bonds. The molecule has 39 heavy (non-hydrogen) atoms. The zero-order valence-electron chi connectivity index (χ0n) is 23.6.